The molecule has 1 saturated heterocycles. The van der Waals surface area contributed by atoms with Crippen LogP contribution in [0.15, 0.2) is 97.1 Å². The van der Waals surface area contributed by atoms with E-state index in [-0.39, 0.29) is 0 Å². The molecule has 0 aromatic heterocycles. The lowest BCUT2D eigenvalue weighted by Gasteiger charge is -2.15. The molecule has 216 valence electrons. The summed E-state index contributed by atoms with van der Waals surface area (Å²) in [5, 5.41) is 7.96. The van der Waals surface area contributed by atoms with Crippen molar-refractivity contribution < 1.29 is 28.5 Å². The number of fused-ring (bicyclic) bond motifs is 4. The standard InChI is InChI=1S/C19H14O4.C18H18O2/c20-18-16(9-10-22-18)23-19(21)17-14-7-3-1-5-12(14)11-13-6-2-4-8-15(13)17;1-4-12-9-10-15-16(11-12)18(20-3)14-8-6-5-7-13(14)17(15)19-2/h1-8,11,16H,9-10H2;5-11H,4H2,1-3H3. The van der Waals surface area contributed by atoms with Gasteiger partial charge < -0.3 is 18.9 Å². The lowest BCUT2D eigenvalue weighted by molar-refractivity contribution is -0.145. The van der Waals surface area contributed by atoms with E-state index in [1.807, 2.05) is 66.7 Å². The molecule has 0 saturated carbocycles. The molecule has 7 rings (SSSR count). The smallest absolute Gasteiger partial charge is 0.347 e. The van der Waals surface area contributed by atoms with Gasteiger partial charge in [-0.15, -0.1) is 0 Å². The molecule has 6 aromatic carbocycles. The van der Waals surface area contributed by atoms with E-state index >= 15 is 0 Å². The Bertz CT molecular complexity index is 1940. The summed E-state index contributed by atoms with van der Waals surface area (Å²) in [6, 6.07) is 32.1. The number of esters is 2. The Kier molecular flexibility index (Phi) is 7.84. The van der Waals surface area contributed by atoms with Gasteiger partial charge in [-0.25, -0.2) is 9.59 Å². The number of hydrogen-bond donors (Lipinski definition) is 0. The van der Waals surface area contributed by atoms with Gasteiger partial charge in [-0.3, -0.25) is 0 Å². The largest absolute Gasteiger partial charge is 0.495 e. The molecule has 6 nitrogen and oxygen atoms in total. The number of hydrogen-bond acceptors (Lipinski definition) is 6. The molecule has 6 aromatic rings. The second-order valence-electron chi connectivity index (χ2n) is 10.4. The minimum Gasteiger partial charge on any atom is -0.495 e. The summed E-state index contributed by atoms with van der Waals surface area (Å²) in [7, 11) is 3.45. The average Bonchev–Trinajstić information content (AvgIpc) is 3.45. The van der Waals surface area contributed by atoms with E-state index in [9.17, 15) is 9.59 Å². The lowest BCUT2D eigenvalue weighted by Crippen LogP contribution is -2.23. The van der Waals surface area contributed by atoms with Crippen molar-refractivity contribution in [3.05, 3.63) is 108 Å². The van der Waals surface area contributed by atoms with Crippen molar-refractivity contribution in [2.45, 2.75) is 25.9 Å². The van der Waals surface area contributed by atoms with Crippen LogP contribution in [0.25, 0.3) is 43.1 Å². The molecule has 1 unspecified atom stereocenters. The molecule has 0 N–H and O–H groups in total. The predicted molar refractivity (Wildman–Crippen MR) is 170 cm³/mol. The summed E-state index contributed by atoms with van der Waals surface area (Å²) in [6.07, 6.45) is 0.613. The van der Waals surface area contributed by atoms with E-state index in [0.717, 1.165) is 61.0 Å². The van der Waals surface area contributed by atoms with Crippen molar-refractivity contribution in [1.29, 1.82) is 0 Å². The van der Waals surface area contributed by atoms with Gasteiger partial charge in [0, 0.05) is 28.0 Å². The minimum atomic E-state index is -0.805. The maximum absolute atomic E-state index is 12.7. The Morgan fingerprint density at radius 2 is 1.26 bits per heavy atom. The SMILES string of the molecule is CCc1ccc2c(OC)c3ccccc3c(OC)c2c1.O=C(OC1CCOC1=O)c1c2ccccc2cc2ccccc12. The molecule has 0 radical (unpaired) electrons. The highest BCUT2D eigenvalue weighted by molar-refractivity contribution is 6.17. The Balaban J connectivity index is 0.000000155. The zero-order valence-corrected chi connectivity index (χ0v) is 24.4. The van der Waals surface area contributed by atoms with E-state index in [2.05, 4.69) is 37.3 Å². The van der Waals surface area contributed by atoms with Gasteiger partial charge in [0.25, 0.3) is 0 Å². The van der Waals surface area contributed by atoms with Crippen molar-refractivity contribution >= 4 is 55.0 Å². The molecular weight excluding hydrogens is 540 g/mol. The third kappa shape index (κ3) is 5.21. The van der Waals surface area contributed by atoms with Crippen LogP contribution in [0.5, 0.6) is 11.5 Å². The number of cyclic esters (lactones) is 1. The van der Waals surface area contributed by atoms with E-state index in [4.69, 9.17) is 18.9 Å². The van der Waals surface area contributed by atoms with Crippen LogP contribution in [0.3, 0.4) is 0 Å². The first-order valence-electron chi connectivity index (χ1n) is 14.4. The maximum Gasteiger partial charge on any atom is 0.347 e. The molecule has 1 fully saturated rings. The maximum atomic E-state index is 12.7. The highest BCUT2D eigenvalue weighted by Crippen LogP contribution is 2.42. The van der Waals surface area contributed by atoms with Crippen molar-refractivity contribution in [3.8, 4) is 11.5 Å². The van der Waals surface area contributed by atoms with E-state index in [1.165, 1.54) is 5.56 Å². The molecule has 6 heteroatoms. The lowest BCUT2D eigenvalue weighted by atomic mass is 9.97. The summed E-state index contributed by atoms with van der Waals surface area (Å²) < 4.78 is 21.6. The molecule has 0 aliphatic carbocycles. The van der Waals surface area contributed by atoms with Gasteiger partial charge in [-0.2, -0.15) is 0 Å². The molecule has 1 aliphatic heterocycles. The Hall–Kier alpha value is -5.10. The number of carbonyl (C=O) groups is 2. The van der Waals surface area contributed by atoms with Gasteiger partial charge >= 0.3 is 11.9 Å². The number of rotatable bonds is 5. The highest BCUT2D eigenvalue weighted by atomic mass is 16.6. The fraction of sp³-hybridized carbons (Fsp3) is 0.189. The van der Waals surface area contributed by atoms with Crippen LogP contribution in [0.1, 0.15) is 29.3 Å². The summed E-state index contributed by atoms with van der Waals surface area (Å²) >= 11 is 0. The summed E-state index contributed by atoms with van der Waals surface area (Å²) in [5.74, 6) is 0.885. The van der Waals surface area contributed by atoms with Crippen LogP contribution in [0.2, 0.25) is 0 Å². The Morgan fingerprint density at radius 1 is 0.721 bits per heavy atom. The van der Waals surface area contributed by atoms with Gasteiger partial charge in [0.05, 0.1) is 26.4 Å². The summed E-state index contributed by atoms with van der Waals surface area (Å²) in [6.45, 7) is 2.46. The van der Waals surface area contributed by atoms with Crippen LogP contribution in [-0.2, 0) is 20.7 Å². The van der Waals surface area contributed by atoms with E-state index in [1.54, 1.807) is 14.2 Å². The van der Waals surface area contributed by atoms with Crippen LogP contribution in [0, 0.1) is 0 Å². The van der Waals surface area contributed by atoms with Crippen molar-refractivity contribution in [3.63, 3.8) is 0 Å². The Morgan fingerprint density at radius 3 is 1.79 bits per heavy atom. The number of methoxy groups -OCH3 is 2. The van der Waals surface area contributed by atoms with Gasteiger partial charge in [0.1, 0.15) is 11.5 Å². The van der Waals surface area contributed by atoms with Gasteiger partial charge in [-0.05, 0) is 45.7 Å². The molecule has 0 spiro atoms. The fourth-order valence-electron chi connectivity index (χ4n) is 5.81. The number of carbonyl (C=O) groups excluding carboxylic acids is 2. The van der Waals surface area contributed by atoms with Crippen molar-refractivity contribution in [1.82, 2.24) is 0 Å². The second-order valence-corrected chi connectivity index (χ2v) is 10.4. The van der Waals surface area contributed by atoms with E-state index < -0.39 is 18.0 Å². The second kappa shape index (κ2) is 12.0. The summed E-state index contributed by atoms with van der Waals surface area (Å²) in [4.78, 5) is 24.3. The molecule has 0 bridgehead atoms. The normalized spacial score (nSPS) is 14.4. The predicted octanol–water partition coefficient (Wildman–Crippen LogP) is 8.04. The van der Waals surface area contributed by atoms with E-state index in [0.29, 0.717) is 18.6 Å². The molecular formula is C37H32O6. The zero-order valence-electron chi connectivity index (χ0n) is 24.4. The molecule has 1 atom stereocenters. The number of ether oxygens (including phenoxy) is 4. The quantitative estimate of drug-likeness (QED) is 0.154. The van der Waals surface area contributed by atoms with Gasteiger partial charge in [-0.1, -0.05) is 91.9 Å². The van der Waals surface area contributed by atoms with Crippen molar-refractivity contribution in [2.75, 3.05) is 20.8 Å². The van der Waals surface area contributed by atoms with Crippen LogP contribution >= 0.6 is 0 Å². The van der Waals surface area contributed by atoms with Crippen molar-refractivity contribution in [2.24, 2.45) is 0 Å². The van der Waals surface area contributed by atoms with Crippen LogP contribution < -0.4 is 9.47 Å². The van der Waals surface area contributed by atoms with Gasteiger partial charge in [0.2, 0.25) is 6.10 Å². The topological polar surface area (TPSA) is 71.1 Å². The first-order valence-corrected chi connectivity index (χ1v) is 14.4. The van der Waals surface area contributed by atoms with Crippen LogP contribution in [0.4, 0.5) is 0 Å². The monoisotopic (exact) mass is 572 g/mol. The van der Waals surface area contributed by atoms with Gasteiger partial charge in [0.15, 0.2) is 0 Å². The van der Waals surface area contributed by atoms with Crippen LogP contribution in [-0.4, -0.2) is 38.9 Å². The summed E-state index contributed by atoms with van der Waals surface area (Å²) in [5.41, 5.74) is 1.80. The number of benzene rings is 6. The average molecular weight is 573 g/mol. The fourth-order valence-corrected chi connectivity index (χ4v) is 5.81. The first kappa shape index (κ1) is 28.0. The molecule has 1 heterocycles. The zero-order chi connectivity index (χ0) is 29.9. The molecule has 1 aliphatic rings. The third-order valence-electron chi connectivity index (χ3n) is 7.92. The first-order chi connectivity index (χ1) is 21.0. The molecule has 43 heavy (non-hydrogen) atoms. The Labute approximate surface area is 249 Å². The highest BCUT2D eigenvalue weighted by Gasteiger charge is 2.31. The minimum absolute atomic E-state index is 0.299. The molecule has 0 amide bonds. The third-order valence-corrected chi connectivity index (χ3v) is 7.92. The number of aryl methyl sites for hydroxylation is 1.